The van der Waals surface area contributed by atoms with E-state index in [0.717, 1.165) is 10.5 Å². The minimum absolute atomic E-state index is 0.143. The Labute approximate surface area is 106 Å². The molecule has 1 heterocycles. The summed E-state index contributed by atoms with van der Waals surface area (Å²) in [5, 5.41) is 1.95. The lowest BCUT2D eigenvalue weighted by Crippen LogP contribution is -2.18. The summed E-state index contributed by atoms with van der Waals surface area (Å²) >= 11 is 6.16. The second-order valence-corrected chi connectivity index (χ2v) is 5.38. The summed E-state index contributed by atoms with van der Waals surface area (Å²) in [6.45, 7) is 0. The van der Waals surface area contributed by atoms with Gasteiger partial charge in [0.2, 0.25) is 0 Å². The van der Waals surface area contributed by atoms with Gasteiger partial charge in [-0.1, -0.05) is 36.6 Å². The van der Waals surface area contributed by atoms with Gasteiger partial charge in [-0.2, -0.15) is 0 Å². The molecule has 90 valence electrons. The van der Waals surface area contributed by atoms with E-state index in [4.69, 9.17) is 17.3 Å². The van der Waals surface area contributed by atoms with Crippen molar-refractivity contribution in [1.29, 1.82) is 0 Å². The zero-order valence-corrected chi connectivity index (χ0v) is 10.5. The Kier molecular flexibility index (Phi) is 2.85. The Morgan fingerprint density at radius 2 is 2.06 bits per heavy atom. The van der Waals surface area contributed by atoms with Crippen molar-refractivity contribution < 1.29 is 0 Å². The van der Waals surface area contributed by atoms with Gasteiger partial charge in [-0.25, -0.2) is 0 Å². The van der Waals surface area contributed by atoms with Crippen LogP contribution in [-0.4, -0.2) is 4.98 Å². The van der Waals surface area contributed by atoms with Crippen molar-refractivity contribution in [3.8, 4) is 0 Å². The van der Waals surface area contributed by atoms with Crippen molar-refractivity contribution in [3.05, 3.63) is 35.0 Å². The number of para-hydroxylation sites is 1. The maximum atomic E-state index is 6.40. The number of fused-ring (bicyclic) bond motifs is 1. The molecule has 0 aliphatic heterocycles. The number of benzene rings is 1. The van der Waals surface area contributed by atoms with Gasteiger partial charge < -0.3 is 10.7 Å². The number of hydrogen-bond donors (Lipinski definition) is 2. The second kappa shape index (κ2) is 4.35. The van der Waals surface area contributed by atoms with Crippen LogP contribution >= 0.6 is 11.6 Å². The molecule has 1 saturated carbocycles. The van der Waals surface area contributed by atoms with Crippen LogP contribution in [0.5, 0.6) is 0 Å². The highest BCUT2D eigenvalue weighted by molar-refractivity contribution is 6.35. The average Bonchev–Trinajstić information content (AvgIpc) is 2.98. The van der Waals surface area contributed by atoms with E-state index in [1.54, 1.807) is 0 Å². The first-order valence-corrected chi connectivity index (χ1v) is 6.66. The molecule has 1 aromatic carbocycles. The molecule has 0 saturated heterocycles. The molecule has 1 aromatic heterocycles. The van der Waals surface area contributed by atoms with Crippen LogP contribution in [-0.2, 0) is 0 Å². The van der Waals surface area contributed by atoms with Gasteiger partial charge in [-0.15, -0.1) is 0 Å². The van der Waals surface area contributed by atoms with Gasteiger partial charge in [0.15, 0.2) is 0 Å². The number of H-pyrrole nitrogens is 1. The van der Waals surface area contributed by atoms with Crippen LogP contribution in [0.4, 0.5) is 0 Å². The summed E-state index contributed by atoms with van der Waals surface area (Å²) in [7, 11) is 0. The number of nitrogens with two attached hydrogens (primary N) is 1. The third kappa shape index (κ3) is 1.85. The highest BCUT2D eigenvalue weighted by Gasteiger charge is 2.25. The normalized spacial score (nSPS) is 18.9. The SMILES string of the molecule is NC(c1c[nH]c2c(Cl)cccc12)C1CCCC1. The second-order valence-electron chi connectivity index (χ2n) is 4.98. The Bertz CT molecular complexity index is 526. The molecular formula is C14H17ClN2. The average molecular weight is 249 g/mol. The van der Waals surface area contributed by atoms with Gasteiger partial charge in [0.05, 0.1) is 10.5 Å². The summed E-state index contributed by atoms with van der Waals surface area (Å²) in [6.07, 6.45) is 7.19. The smallest absolute Gasteiger partial charge is 0.0647 e. The molecule has 0 spiro atoms. The van der Waals surface area contributed by atoms with Gasteiger partial charge in [0.25, 0.3) is 0 Å². The number of rotatable bonds is 2. The third-order valence-corrected chi connectivity index (χ3v) is 4.28. The van der Waals surface area contributed by atoms with Crippen molar-refractivity contribution in [2.45, 2.75) is 31.7 Å². The summed E-state index contributed by atoms with van der Waals surface area (Å²) in [5.74, 6) is 0.632. The molecule has 3 N–H and O–H groups in total. The number of halogens is 1. The predicted octanol–water partition coefficient (Wildman–Crippen LogP) is 4.01. The van der Waals surface area contributed by atoms with E-state index in [1.165, 1.54) is 36.6 Å². The number of nitrogens with one attached hydrogen (secondary N) is 1. The largest absolute Gasteiger partial charge is 0.360 e. The summed E-state index contributed by atoms with van der Waals surface area (Å²) in [4.78, 5) is 3.25. The van der Waals surface area contributed by atoms with Crippen molar-refractivity contribution >= 4 is 22.5 Å². The van der Waals surface area contributed by atoms with Crippen LogP contribution in [0.2, 0.25) is 5.02 Å². The quantitative estimate of drug-likeness (QED) is 0.828. The molecule has 1 aliphatic rings. The fraction of sp³-hybridized carbons (Fsp3) is 0.429. The zero-order valence-electron chi connectivity index (χ0n) is 9.75. The van der Waals surface area contributed by atoms with Gasteiger partial charge in [-0.05, 0) is 30.4 Å². The fourth-order valence-corrected chi connectivity index (χ4v) is 3.21. The maximum Gasteiger partial charge on any atom is 0.0647 e. The van der Waals surface area contributed by atoms with Crippen molar-refractivity contribution in [1.82, 2.24) is 4.98 Å². The highest BCUT2D eigenvalue weighted by atomic mass is 35.5. The minimum atomic E-state index is 0.143. The van der Waals surface area contributed by atoms with E-state index < -0.39 is 0 Å². The molecule has 3 rings (SSSR count). The lowest BCUT2D eigenvalue weighted by Gasteiger charge is -2.18. The maximum absolute atomic E-state index is 6.40. The molecule has 1 fully saturated rings. The monoisotopic (exact) mass is 248 g/mol. The molecule has 0 amide bonds. The molecular weight excluding hydrogens is 232 g/mol. The van der Waals surface area contributed by atoms with Crippen LogP contribution in [0, 0.1) is 5.92 Å². The molecule has 2 aromatic rings. The van der Waals surface area contributed by atoms with E-state index >= 15 is 0 Å². The van der Waals surface area contributed by atoms with Crippen LogP contribution in [0.25, 0.3) is 10.9 Å². The van der Waals surface area contributed by atoms with E-state index in [2.05, 4.69) is 11.1 Å². The fourth-order valence-electron chi connectivity index (χ4n) is 2.99. The van der Waals surface area contributed by atoms with Crippen LogP contribution < -0.4 is 5.73 Å². The third-order valence-electron chi connectivity index (χ3n) is 3.96. The molecule has 1 aliphatic carbocycles. The summed E-state index contributed by atoms with van der Waals surface area (Å²) in [6, 6.07) is 6.14. The molecule has 3 heteroatoms. The molecule has 17 heavy (non-hydrogen) atoms. The molecule has 1 unspecified atom stereocenters. The Morgan fingerprint density at radius 3 is 2.82 bits per heavy atom. The van der Waals surface area contributed by atoms with Crippen LogP contribution in [0.3, 0.4) is 0 Å². The Morgan fingerprint density at radius 1 is 1.29 bits per heavy atom. The topological polar surface area (TPSA) is 41.8 Å². The number of aromatic nitrogens is 1. The van der Waals surface area contributed by atoms with E-state index in [9.17, 15) is 0 Å². The Balaban J connectivity index is 2.02. The zero-order chi connectivity index (χ0) is 11.8. The molecule has 2 nitrogen and oxygen atoms in total. The lowest BCUT2D eigenvalue weighted by molar-refractivity contribution is 0.447. The van der Waals surface area contributed by atoms with Crippen molar-refractivity contribution in [2.75, 3.05) is 0 Å². The first-order chi connectivity index (χ1) is 8.27. The van der Waals surface area contributed by atoms with Gasteiger partial charge >= 0.3 is 0 Å². The standard InChI is InChI=1S/C14H17ClN2/c15-12-7-3-6-10-11(8-17-14(10)12)13(16)9-4-1-2-5-9/h3,6-9,13,17H,1-2,4-5,16H2. The number of hydrogen-bond acceptors (Lipinski definition) is 1. The molecule has 0 radical (unpaired) electrons. The summed E-state index contributed by atoms with van der Waals surface area (Å²) < 4.78 is 0. The first kappa shape index (κ1) is 11.1. The van der Waals surface area contributed by atoms with Crippen LogP contribution in [0.15, 0.2) is 24.4 Å². The van der Waals surface area contributed by atoms with Crippen molar-refractivity contribution in [2.24, 2.45) is 11.7 Å². The van der Waals surface area contributed by atoms with Crippen LogP contribution in [0.1, 0.15) is 37.3 Å². The van der Waals surface area contributed by atoms with Gasteiger partial charge in [0.1, 0.15) is 0 Å². The van der Waals surface area contributed by atoms with E-state index in [-0.39, 0.29) is 6.04 Å². The lowest BCUT2D eigenvalue weighted by atomic mass is 9.92. The highest BCUT2D eigenvalue weighted by Crippen LogP contribution is 2.37. The van der Waals surface area contributed by atoms with Crippen molar-refractivity contribution in [3.63, 3.8) is 0 Å². The molecule has 1 atom stereocenters. The summed E-state index contributed by atoms with van der Waals surface area (Å²) in [5.41, 5.74) is 8.63. The first-order valence-electron chi connectivity index (χ1n) is 6.28. The minimum Gasteiger partial charge on any atom is -0.360 e. The molecule has 0 bridgehead atoms. The van der Waals surface area contributed by atoms with E-state index in [1.807, 2.05) is 18.3 Å². The van der Waals surface area contributed by atoms with Gasteiger partial charge in [-0.3, -0.25) is 0 Å². The van der Waals surface area contributed by atoms with E-state index in [0.29, 0.717) is 5.92 Å². The number of aromatic amines is 1. The Hall–Kier alpha value is -0.990. The predicted molar refractivity (Wildman–Crippen MR) is 72.2 cm³/mol. The van der Waals surface area contributed by atoms with Gasteiger partial charge in [0, 0.05) is 17.6 Å².